The van der Waals surface area contributed by atoms with Gasteiger partial charge in [0.2, 0.25) is 0 Å². The van der Waals surface area contributed by atoms with Gasteiger partial charge in [-0.25, -0.2) is 13.6 Å². The number of pyridine rings is 1. The lowest BCUT2D eigenvalue weighted by molar-refractivity contribution is -0.141. The van der Waals surface area contributed by atoms with Crippen LogP contribution in [0.15, 0.2) is 18.5 Å². The minimum Gasteiger partial charge on any atom is -0.396 e. The number of aromatic amines is 1. The van der Waals surface area contributed by atoms with Crippen molar-refractivity contribution in [2.75, 3.05) is 36.5 Å². The molecule has 15 heteroatoms. The first kappa shape index (κ1) is 24.8. The number of amides is 2. The fraction of sp³-hybridized carbons (Fsp3) is 0.565. The van der Waals surface area contributed by atoms with E-state index in [1.54, 1.807) is 4.90 Å². The van der Waals surface area contributed by atoms with Gasteiger partial charge < -0.3 is 20.2 Å². The Kier molecular flexibility index (Phi) is 5.56. The number of halogens is 5. The number of urea groups is 1. The lowest BCUT2D eigenvalue weighted by Crippen LogP contribution is -2.54. The van der Waals surface area contributed by atoms with Crippen molar-refractivity contribution >= 4 is 28.4 Å². The standard InChI is InChI=1S/C23H25F5N8O2/c24-22(25)4-3-21(1-2-21)35(11-22)20(38)31-16-7-30-32-18(16)15-5-17-14(6-29-15)19(34-8-13(9-34)10-37)33-36(17)12-23(26,27)28/h5-7,13,37H,1-4,8-12H2,(H,30,32)(H,31,38). The van der Waals surface area contributed by atoms with Crippen molar-refractivity contribution in [2.24, 2.45) is 5.92 Å². The quantitative estimate of drug-likeness (QED) is 0.426. The summed E-state index contributed by atoms with van der Waals surface area (Å²) in [5, 5.41) is 23.2. The SMILES string of the molecule is O=C(Nc1cn[nH]c1-c1cc2c(cn1)c(N1CC(CO)C1)nn2CC(F)(F)F)N1CC(F)(F)CCC12CC2. The van der Waals surface area contributed by atoms with Gasteiger partial charge in [0, 0.05) is 43.8 Å². The Bertz CT molecular complexity index is 1380. The van der Waals surface area contributed by atoms with E-state index in [0.29, 0.717) is 37.1 Å². The minimum absolute atomic E-state index is 0.0232. The maximum absolute atomic E-state index is 14.1. The summed E-state index contributed by atoms with van der Waals surface area (Å²) in [6.07, 6.45) is -0.528. The molecule has 3 aromatic heterocycles. The average Bonchev–Trinajstić information content (AvgIpc) is 3.32. The van der Waals surface area contributed by atoms with Gasteiger partial charge in [0.15, 0.2) is 5.82 Å². The molecule has 3 aromatic rings. The highest BCUT2D eigenvalue weighted by Gasteiger charge is 2.57. The maximum atomic E-state index is 14.1. The van der Waals surface area contributed by atoms with Crippen molar-refractivity contribution in [2.45, 2.75) is 49.9 Å². The molecule has 1 saturated carbocycles. The number of H-pyrrole nitrogens is 1. The van der Waals surface area contributed by atoms with Crippen LogP contribution in [0.5, 0.6) is 0 Å². The molecule has 1 spiro atoms. The molecule has 204 valence electrons. The Morgan fingerprint density at radius 2 is 1.92 bits per heavy atom. The van der Waals surface area contributed by atoms with E-state index in [4.69, 9.17) is 0 Å². The number of aliphatic hydroxyl groups excluding tert-OH is 1. The van der Waals surface area contributed by atoms with Gasteiger partial charge in [-0.3, -0.25) is 14.8 Å². The van der Waals surface area contributed by atoms with E-state index in [1.165, 1.54) is 23.4 Å². The number of carbonyl (C=O) groups excluding carboxylic acids is 1. The molecule has 2 amide bonds. The molecular weight excluding hydrogens is 515 g/mol. The molecule has 6 rings (SSSR count). The highest BCUT2D eigenvalue weighted by Crippen LogP contribution is 2.51. The monoisotopic (exact) mass is 540 g/mol. The molecule has 0 unspecified atom stereocenters. The fourth-order valence-electron chi connectivity index (χ4n) is 5.31. The van der Waals surface area contributed by atoms with E-state index in [1.807, 2.05) is 0 Å². The highest BCUT2D eigenvalue weighted by atomic mass is 19.4. The summed E-state index contributed by atoms with van der Waals surface area (Å²) in [6, 6.07) is 0.729. The molecule has 5 heterocycles. The van der Waals surface area contributed by atoms with Crippen LogP contribution >= 0.6 is 0 Å². The molecule has 0 radical (unpaired) electrons. The number of rotatable bonds is 5. The molecule has 2 saturated heterocycles. The van der Waals surface area contributed by atoms with E-state index >= 15 is 0 Å². The van der Waals surface area contributed by atoms with Crippen molar-refractivity contribution in [1.82, 2.24) is 29.9 Å². The van der Waals surface area contributed by atoms with Crippen LogP contribution in [0.2, 0.25) is 0 Å². The Morgan fingerprint density at radius 3 is 2.61 bits per heavy atom. The van der Waals surface area contributed by atoms with Gasteiger partial charge in [-0.15, -0.1) is 0 Å². The van der Waals surface area contributed by atoms with Crippen LogP contribution in [0.4, 0.5) is 38.3 Å². The van der Waals surface area contributed by atoms with Gasteiger partial charge in [-0.05, 0) is 25.3 Å². The molecule has 0 bridgehead atoms. The summed E-state index contributed by atoms with van der Waals surface area (Å²) in [5.41, 5.74) is 0.206. The molecule has 3 fully saturated rings. The largest absolute Gasteiger partial charge is 0.408 e. The fourth-order valence-corrected chi connectivity index (χ4v) is 5.31. The predicted octanol–water partition coefficient (Wildman–Crippen LogP) is 3.61. The van der Waals surface area contributed by atoms with Crippen LogP contribution in [-0.4, -0.2) is 84.9 Å². The van der Waals surface area contributed by atoms with Crippen LogP contribution in [0.25, 0.3) is 22.3 Å². The Labute approximate surface area is 212 Å². The number of likely N-dealkylation sites (tertiary alicyclic amines) is 1. The topological polar surface area (TPSA) is 115 Å². The third kappa shape index (κ3) is 4.41. The zero-order valence-corrected chi connectivity index (χ0v) is 20.1. The number of carbonyl (C=O) groups is 1. The smallest absolute Gasteiger partial charge is 0.396 e. The van der Waals surface area contributed by atoms with Crippen LogP contribution in [0.3, 0.4) is 0 Å². The molecule has 3 N–H and O–H groups in total. The van der Waals surface area contributed by atoms with Gasteiger partial charge >= 0.3 is 12.2 Å². The number of anilines is 2. The zero-order chi connectivity index (χ0) is 26.9. The van der Waals surface area contributed by atoms with E-state index < -0.39 is 36.8 Å². The van der Waals surface area contributed by atoms with E-state index in [0.717, 1.165) is 4.68 Å². The number of piperidine rings is 1. The van der Waals surface area contributed by atoms with Crippen molar-refractivity contribution in [1.29, 1.82) is 0 Å². The van der Waals surface area contributed by atoms with Crippen molar-refractivity contribution < 1.29 is 31.9 Å². The van der Waals surface area contributed by atoms with Gasteiger partial charge in [-0.1, -0.05) is 0 Å². The van der Waals surface area contributed by atoms with Crippen LogP contribution in [0, 0.1) is 5.92 Å². The van der Waals surface area contributed by atoms with Crippen LogP contribution in [0.1, 0.15) is 25.7 Å². The molecule has 2 aliphatic heterocycles. The highest BCUT2D eigenvalue weighted by molar-refractivity contribution is 5.96. The zero-order valence-electron chi connectivity index (χ0n) is 20.1. The first-order valence-corrected chi connectivity index (χ1v) is 12.3. The minimum atomic E-state index is -4.52. The number of alkyl halides is 5. The van der Waals surface area contributed by atoms with E-state index in [2.05, 4.69) is 25.6 Å². The van der Waals surface area contributed by atoms with Crippen molar-refractivity contribution in [3.8, 4) is 11.4 Å². The third-order valence-corrected chi connectivity index (χ3v) is 7.59. The molecule has 10 nitrogen and oxygen atoms in total. The molecule has 0 aromatic carbocycles. The van der Waals surface area contributed by atoms with Gasteiger partial charge in [0.25, 0.3) is 5.92 Å². The first-order chi connectivity index (χ1) is 18.0. The summed E-state index contributed by atoms with van der Waals surface area (Å²) in [6.45, 7) is -1.09. The third-order valence-electron chi connectivity index (χ3n) is 7.59. The van der Waals surface area contributed by atoms with Crippen LogP contribution in [-0.2, 0) is 6.54 Å². The lowest BCUT2D eigenvalue weighted by atomic mass is 9.97. The van der Waals surface area contributed by atoms with Gasteiger partial charge in [-0.2, -0.15) is 23.4 Å². The summed E-state index contributed by atoms with van der Waals surface area (Å²) in [4.78, 5) is 20.4. The van der Waals surface area contributed by atoms with Crippen molar-refractivity contribution in [3.63, 3.8) is 0 Å². The molecule has 1 aliphatic carbocycles. The van der Waals surface area contributed by atoms with Crippen molar-refractivity contribution in [3.05, 3.63) is 18.5 Å². The first-order valence-electron chi connectivity index (χ1n) is 12.3. The molecule has 0 atom stereocenters. The number of aromatic nitrogens is 5. The predicted molar refractivity (Wildman–Crippen MR) is 126 cm³/mol. The Morgan fingerprint density at radius 1 is 1.18 bits per heavy atom. The number of fused-ring (bicyclic) bond motifs is 1. The molecular formula is C23H25F5N8O2. The lowest BCUT2D eigenvalue weighted by Gasteiger charge is -2.40. The van der Waals surface area contributed by atoms with Gasteiger partial charge in [0.1, 0.15) is 12.2 Å². The molecule has 38 heavy (non-hydrogen) atoms. The summed E-state index contributed by atoms with van der Waals surface area (Å²) >= 11 is 0. The maximum Gasteiger partial charge on any atom is 0.408 e. The summed E-state index contributed by atoms with van der Waals surface area (Å²) in [7, 11) is 0. The van der Waals surface area contributed by atoms with E-state index in [9.17, 15) is 31.9 Å². The Hall–Kier alpha value is -3.49. The normalized spacial score (nSPS) is 20.7. The average molecular weight is 540 g/mol. The summed E-state index contributed by atoms with van der Waals surface area (Å²) in [5.74, 6) is -2.61. The van der Waals surface area contributed by atoms with E-state index in [-0.39, 0.29) is 48.0 Å². The number of nitrogens with one attached hydrogen (secondary N) is 2. The second kappa shape index (κ2) is 8.51. The van der Waals surface area contributed by atoms with Gasteiger partial charge in [0.05, 0.1) is 35.0 Å². The number of nitrogens with zero attached hydrogens (tertiary/aromatic N) is 6. The molecule has 3 aliphatic rings. The second-order valence-electron chi connectivity index (χ2n) is 10.4. The number of aliphatic hydroxyl groups is 1. The number of hydrogen-bond acceptors (Lipinski definition) is 6. The number of hydrogen-bond donors (Lipinski definition) is 3. The Balaban J connectivity index is 1.30. The second-order valence-corrected chi connectivity index (χ2v) is 10.4. The summed E-state index contributed by atoms with van der Waals surface area (Å²) < 4.78 is 69.0. The van der Waals surface area contributed by atoms with Crippen LogP contribution < -0.4 is 10.2 Å².